The van der Waals surface area contributed by atoms with Gasteiger partial charge in [-0.25, -0.2) is 0 Å². The third-order valence-corrected chi connectivity index (χ3v) is 3.34. The average molecular weight is 281 g/mol. The summed E-state index contributed by atoms with van der Waals surface area (Å²) in [7, 11) is 0. The van der Waals surface area contributed by atoms with Gasteiger partial charge in [0.15, 0.2) is 12.6 Å². The first-order valence-corrected chi connectivity index (χ1v) is 5.97. The summed E-state index contributed by atoms with van der Waals surface area (Å²) in [6, 6.07) is -0.842. The van der Waals surface area contributed by atoms with E-state index in [1.807, 2.05) is 0 Å². The SMILES string of the molecule is N[C@@H]1[C@@H](OC[C@H]2O[C@H](O)[C@@H](O)[C@@H]2O)O[C@H](CO)[C@H]1O. The lowest BCUT2D eigenvalue weighted by atomic mass is 10.1. The van der Waals surface area contributed by atoms with Crippen molar-refractivity contribution in [2.75, 3.05) is 13.2 Å². The third kappa shape index (κ3) is 2.89. The summed E-state index contributed by atoms with van der Waals surface area (Å²) in [5.41, 5.74) is 5.65. The summed E-state index contributed by atoms with van der Waals surface area (Å²) in [5, 5.41) is 46.6. The van der Waals surface area contributed by atoms with Crippen LogP contribution in [0.5, 0.6) is 0 Å². The Morgan fingerprint density at radius 3 is 2.11 bits per heavy atom. The van der Waals surface area contributed by atoms with Crippen LogP contribution in [0, 0.1) is 0 Å². The first kappa shape index (κ1) is 15.0. The minimum atomic E-state index is -1.47. The topological polar surface area (TPSA) is 155 Å². The number of aliphatic hydroxyl groups is 5. The maximum atomic E-state index is 9.61. The molecule has 0 saturated carbocycles. The first-order valence-electron chi connectivity index (χ1n) is 5.97. The van der Waals surface area contributed by atoms with Crippen molar-refractivity contribution in [2.24, 2.45) is 5.73 Å². The average Bonchev–Trinajstić information content (AvgIpc) is 2.81. The van der Waals surface area contributed by atoms with E-state index >= 15 is 0 Å². The highest BCUT2D eigenvalue weighted by molar-refractivity contribution is 4.90. The molecule has 7 N–H and O–H groups in total. The highest BCUT2D eigenvalue weighted by Gasteiger charge is 2.45. The molecule has 112 valence electrons. The molecule has 2 heterocycles. The van der Waals surface area contributed by atoms with Crippen LogP contribution in [0.3, 0.4) is 0 Å². The fourth-order valence-electron chi connectivity index (χ4n) is 2.11. The van der Waals surface area contributed by atoms with E-state index in [0.29, 0.717) is 0 Å². The van der Waals surface area contributed by atoms with Crippen LogP contribution in [-0.4, -0.2) is 87.9 Å². The summed E-state index contributed by atoms with van der Waals surface area (Å²) in [6.07, 6.45) is -7.93. The molecule has 0 aromatic heterocycles. The Kier molecular flexibility index (Phi) is 4.71. The second kappa shape index (κ2) is 5.95. The van der Waals surface area contributed by atoms with Crippen LogP contribution in [0.2, 0.25) is 0 Å². The molecule has 19 heavy (non-hydrogen) atoms. The van der Waals surface area contributed by atoms with Crippen LogP contribution in [0.4, 0.5) is 0 Å². The molecule has 0 radical (unpaired) electrons. The van der Waals surface area contributed by atoms with Crippen molar-refractivity contribution in [1.29, 1.82) is 0 Å². The van der Waals surface area contributed by atoms with Crippen molar-refractivity contribution in [3.05, 3.63) is 0 Å². The summed E-state index contributed by atoms with van der Waals surface area (Å²) in [4.78, 5) is 0. The van der Waals surface area contributed by atoms with E-state index < -0.39 is 55.7 Å². The van der Waals surface area contributed by atoms with Crippen molar-refractivity contribution >= 4 is 0 Å². The smallest absolute Gasteiger partial charge is 0.184 e. The van der Waals surface area contributed by atoms with Gasteiger partial charge in [0.1, 0.15) is 30.5 Å². The molecule has 2 fully saturated rings. The van der Waals surface area contributed by atoms with Crippen LogP contribution in [0.15, 0.2) is 0 Å². The molecule has 2 aliphatic rings. The Hall–Kier alpha value is -0.360. The predicted molar refractivity (Wildman–Crippen MR) is 58.6 cm³/mol. The Balaban J connectivity index is 1.83. The van der Waals surface area contributed by atoms with E-state index in [0.717, 1.165) is 0 Å². The fourth-order valence-corrected chi connectivity index (χ4v) is 2.11. The first-order chi connectivity index (χ1) is 8.95. The van der Waals surface area contributed by atoms with E-state index in [1.54, 1.807) is 0 Å². The molecule has 8 atom stereocenters. The number of hydrogen-bond donors (Lipinski definition) is 6. The zero-order chi connectivity index (χ0) is 14.2. The van der Waals surface area contributed by atoms with Gasteiger partial charge in [0.05, 0.1) is 19.3 Å². The molecule has 2 saturated heterocycles. The summed E-state index contributed by atoms with van der Waals surface area (Å²) in [6.45, 7) is -0.576. The molecular formula is C10H19NO8. The van der Waals surface area contributed by atoms with Crippen LogP contribution >= 0.6 is 0 Å². The summed E-state index contributed by atoms with van der Waals surface area (Å²) < 4.78 is 15.3. The molecule has 0 spiro atoms. The van der Waals surface area contributed by atoms with Gasteiger partial charge in [0, 0.05) is 0 Å². The highest BCUT2D eigenvalue weighted by Crippen LogP contribution is 2.24. The Bertz CT molecular complexity index is 305. The molecule has 0 aromatic rings. The number of aliphatic hydroxyl groups excluding tert-OH is 5. The minimum absolute atomic E-state index is 0.182. The highest BCUT2D eigenvalue weighted by atomic mass is 16.7. The Morgan fingerprint density at radius 1 is 0.947 bits per heavy atom. The third-order valence-electron chi connectivity index (χ3n) is 3.34. The normalized spacial score (nSPS) is 50.8. The van der Waals surface area contributed by atoms with Crippen LogP contribution in [-0.2, 0) is 14.2 Å². The second-order valence-corrected chi connectivity index (χ2v) is 4.67. The molecular weight excluding hydrogens is 262 g/mol. The molecule has 0 amide bonds. The van der Waals surface area contributed by atoms with E-state index in [1.165, 1.54) is 0 Å². The lowest BCUT2D eigenvalue weighted by Crippen LogP contribution is -2.43. The molecule has 0 bridgehead atoms. The molecule has 0 unspecified atom stereocenters. The number of nitrogens with two attached hydrogens (primary N) is 1. The Labute approximate surface area is 109 Å². The van der Waals surface area contributed by atoms with Crippen molar-refractivity contribution in [2.45, 2.75) is 49.1 Å². The minimum Gasteiger partial charge on any atom is -0.394 e. The lowest BCUT2D eigenvalue weighted by molar-refractivity contribution is -0.182. The zero-order valence-electron chi connectivity index (χ0n) is 10.1. The second-order valence-electron chi connectivity index (χ2n) is 4.67. The van der Waals surface area contributed by atoms with E-state index in [9.17, 15) is 20.4 Å². The van der Waals surface area contributed by atoms with Crippen LogP contribution < -0.4 is 5.73 Å². The predicted octanol–water partition coefficient (Wildman–Crippen LogP) is -4.15. The number of ether oxygens (including phenoxy) is 3. The quantitative estimate of drug-likeness (QED) is 0.301. The van der Waals surface area contributed by atoms with E-state index in [4.69, 9.17) is 25.1 Å². The molecule has 0 aliphatic carbocycles. The van der Waals surface area contributed by atoms with Crippen molar-refractivity contribution in [3.63, 3.8) is 0 Å². The van der Waals surface area contributed by atoms with Crippen molar-refractivity contribution < 1.29 is 39.7 Å². The standard InChI is InChI=1S/C10H19NO8/c11-5-6(13)3(1-12)19-10(5)17-2-4-7(14)8(15)9(16)18-4/h3-10,12-16H,1-2,11H2/t3-,4-,5+,6-,7-,8+,9+,10+/m1/s1. The van der Waals surface area contributed by atoms with Gasteiger partial charge in [-0.1, -0.05) is 0 Å². The van der Waals surface area contributed by atoms with E-state index in [-0.39, 0.29) is 6.61 Å². The van der Waals surface area contributed by atoms with Crippen LogP contribution in [0.25, 0.3) is 0 Å². The van der Waals surface area contributed by atoms with E-state index in [2.05, 4.69) is 0 Å². The fraction of sp³-hybridized carbons (Fsp3) is 1.00. The van der Waals surface area contributed by atoms with Crippen molar-refractivity contribution in [3.8, 4) is 0 Å². The lowest BCUT2D eigenvalue weighted by Gasteiger charge is -2.20. The van der Waals surface area contributed by atoms with Crippen LogP contribution in [0.1, 0.15) is 0 Å². The van der Waals surface area contributed by atoms with Gasteiger partial charge < -0.3 is 45.5 Å². The summed E-state index contributed by atoms with van der Waals surface area (Å²) in [5.74, 6) is 0. The molecule has 9 heteroatoms. The van der Waals surface area contributed by atoms with Gasteiger partial charge in [-0.3, -0.25) is 0 Å². The molecule has 0 aromatic carbocycles. The van der Waals surface area contributed by atoms with Gasteiger partial charge in [-0.2, -0.15) is 0 Å². The van der Waals surface area contributed by atoms with Crippen molar-refractivity contribution in [1.82, 2.24) is 0 Å². The monoisotopic (exact) mass is 281 g/mol. The van der Waals surface area contributed by atoms with Gasteiger partial charge in [-0.15, -0.1) is 0 Å². The zero-order valence-corrected chi connectivity index (χ0v) is 10.1. The number of rotatable bonds is 4. The number of hydrogen-bond acceptors (Lipinski definition) is 9. The van der Waals surface area contributed by atoms with Gasteiger partial charge in [-0.05, 0) is 0 Å². The maximum Gasteiger partial charge on any atom is 0.184 e. The molecule has 9 nitrogen and oxygen atoms in total. The largest absolute Gasteiger partial charge is 0.394 e. The maximum absolute atomic E-state index is 9.61. The molecule has 2 rings (SSSR count). The van der Waals surface area contributed by atoms with Gasteiger partial charge in [0.2, 0.25) is 0 Å². The molecule has 2 aliphatic heterocycles. The Morgan fingerprint density at radius 2 is 1.63 bits per heavy atom. The van der Waals surface area contributed by atoms with Gasteiger partial charge in [0.25, 0.3) is 0 Å². The van der Waals surface area contributed by atoms with Gasteiger partial charge >= 0.3 is 0 Å². The summed E-state index contributed by atoms with van der Waals surface area (Å²) >= 11 is 0.